The molecular formula is C22H30O2S. The summed E-state index contributed by atoms with van der Waals surface area (Å²) in [6.45, 7) is 16.7. The van der Waals surface area contributed by atoms with Gasteiger partial charge in [-0.25, -0.2) is 0 Å². The fraction of sp³-hybridized carbons (Fsp3) is 0.455. The first-order valence-corrected chi connectivity index (χ1v) is 9.48. The molecule has 2 N–H and O–H groups in total. The van der Waals surface area contributed by atoms with Crippen molar-refractivity contribution in [1.29, 1.82) is 0 Å². The summed E-state index contributed by atoms with van der Waals surface area (Å²) < 4.78 is 0. The molecule has 0 spiro atoms. The molecule has 0 atom stereocenters. The van der Waals surface area contributed by atoms with Gasteiger partial charge < -0.3 is 10.2 Å². The lowest BCUT2D eigenvalue weighted by atomic mass is 9.85. The summed E-state index contributed by atoms with van der Waals surface area (Å²) in [5, 5.41) is 21.2. The first-order chi connectivity index (χ1) is 11.3. The number of rotatable bonds is 2. The molecule has 0 amide bonds. The second kappa shape index (κ2) is 6.60. The van der Waals surface area contributed by atoms with Crippen LogP contribution in [0.25, 0.3) is 0 Å². The zero-order valence-corrected chi connectivity index (χ0v) is 17.4. The molecule has 0 aliphatic rings. The van der Waals surface area contributed by atoms with Crippen LogP contribution in [0.5, 0.6) is 11.5 Å². The molecule has 25 heavy (non-hydrogen) atoms. The van der Waals surface area contributed by atoms with E-state index in [0.717, 1.165) is 32.0 Å². The minimum atomic E-state index is -0.126. The monoisotopic (exact) mass is 358 g/mol. The van der Waals surface area contributed by atoms with Crippen molar-refractivity contribution in [3.05, 3.63) is 46.5 Å². The number of aromatic hydroxyl groups is 2. The molecule has 0 bridgehead atoms. The van der Waals surface area contributed by atoms with E-state index in [9.17, 15) is 10.2 Å². The normalized spacial score (nSPS) is 12.5. The lowest BCUT2D eigenvalue weighted by Gasteiger charge is -2.24. The van der Waals surface area contributed by atoms with Crippen molar-refractivity contribution >= 4 is 11.8 Å². The summed E-state index contributed by atoms with van der Waals surface area (Å²) in [7, 11) is 0. The highest BCUT2D eigenvalue weighted by Gasteiger charge is 2.23. The molecule has 0 fully saturated rings. The van der Waals surface area contributed by atoms with Gasteiger partial charge >= 0.3 is 0 Å². The quantitative estimate of drug-likeness (QED) is 0.647. The Bertz CT molecular complexity index is 793. The fourth-order valence-corrected chi connectivity index (χ4v) is 3.98. The van der Waals surface area contributed by atoms with Gasteiger partial charge in [0.25, 0.3) is 0 Å². The molecule has 2 aromatic carbocycles. The van der Waals surface area contributed by atoms with Crippen LogP contribution in [0.4, 0.5) is 0 Å². The molecule has 0 aliphatic heterocycles. The second-order valence-corrected chi connectivity index (χ2v) is 9.98. The molecule has 0 saturated heterocycles. The van der Waals surface area contributed by atoms with Crippen molar-refractivity contribution in [3.63, 3.8) is 0 Å². The van der Waals surface area contributed by atoms with Crippen molar-refractivity contribution < 1.29 is 10.2 Å². The van der Waals surface area contributed by atoms with E-state index in [1.807, 2.05) is 25.1 Å². The molecule has 2 rings (SSSR count). The Labute approximate surface area is 156 Å². The van der Waals surface area contributed by atoms with E-state index in [2.05, 4.69) is 54.5 Å². The highest BCUT2D eigenvalue weighted by molar-refractivity contribution is 7.99. The van der Waals surface area contributed by atoms with Crippen molar-refractivity contribution in [2.24, 2.45) is 0 Å². The predicted molar refractivity (Wildman–Crippen MR) is 107 cm³/mol. The standard InChI is InChI=1S/C22H30O2S/c1-13-9-16(22(6,7)8)20(24)19(10-13)25-18-12-17(23)15(11-14(18)2)21(3,4)5/h9-12,23-24H,1-8H3. The van der Waals surface area contributed by atoms with Crippen LogP contribution in [0.15, 0.2) is 34.1 Å². The first kappa shape index (κ1) is 19.7. The van der Waals surface area contributed by atoms with E-state index in [0.29, 0.717) is 11.5 Å². The third kappa shape index (κ3) is 4.33. The molecule has 0 radical (unpaired) electrons. The van der Waals surface area contributed by atoms with Crippen LogP contribution in [0.3, 0.4) is 0 Å². The Morgan fingerprint density at radius 3 is 1.80 bits per heavy atom. The fourth-order valence-electron chi connectivity index (χ4n) is 2.90. The summed E-state index contributed by atoms with van der Waals surface area (Å²) in [5.41, 5.74) is 3.88. The van der Waals surface area contributed by atoms with Crippen LogP contribution >= 0.6 is 11.8 Å². The Kier molecular flexibility index (Phi) is 5.21. The van der Waals surface area contributed by atoms with E-state index in [4.69, 9.17) is 0 Å². The molecule has 0 saturated carbocycles. The highest BCUT2D eigenvalue weighted by Crippen LogP contribution is 2.44. The average molecular weight is 359 g/mol. The minimum absolute atomic E-state index is 0.108. The highest BCUT2D eigenvalue weighted by atomic mass is 32.2. The van der Waals surface area contributed by atoms with Crippen LogP contribution in [0.1, 0.15) is 63.8 Å². The van der Waals surface area contributed by atoms with Gasteiger partial charge in [-0.1, -0.05) is 65.4 Å². The van der Waals surface area contributed by atoms with Crippen molar-refractivity contribution in [3.8, 4) is 11.5 Å². The van der Waals surface area contributed by atoms with Gasteiger partial charge in [-0.15, -0.1) is 0 Å². The summed E-state index contributed by atoms with van der Waals surface area (Å²) >= 11 is 1.51. The number of benzene rings is 2. The summed E-state index contributed by atoms with van der Waals surface area (Å²) in [6, 6.07) is 7.92. The molecule has 136 valence electrons. The predicted octanol–water partition coefficient (Wildman–Crippen LogP) is 6.46. The van der Waals surface area contributed by atoms with Gasteiger partial charge in [0, 0.05) is 10.5 Å². The number of phenols is 2. The molecule has 0 unspecified atom stereocenters. The number of aryl methyl sites for hydroxylation is 2. The summed E-state index contributed by atoms with van der Waals surface area (Å²) in [4.78, 5) is 1.79. The van der Waals surface area contributed by atoms with E-state index >= 15 is 0 Å². The lowest BCUT2D eigenvalue weighted by molar-refractivity contribution is 0.434. The topological polar surface area (TPSA) is 40.5 Å². The van der Waals surface area contributed by atoms with Gasteiger partial charge in [0.2, 0.25) is 0 Å². The smallest absolute Gasteiger partial charge is 0.133 e. The second-order valence-electron chi connectivity index (χ2n) is 8.90. The largest absolute Gasteiger partial charge is 0.508 e. The van der Waals surface area contributed by atoms with E-state index in [1.54, 1.807) is 0 Å². The number of hydrogen-bond donors (Lipinski definition) is 2. The Morgan fingerprint density at radius 2 is 1.28 bits per heavy atom. The molecule has 3 heteroatoms. The third-order valence-electron chi connectivity index (χ3n) is 4.35. The average Bonchev–Trinajstić information content (AvgIpc) is 2.43. The van der Waals surface area contributed by atoms with Crippen LogP contribution in [-0.2, 0) is 10.8 Å². The lowest BCUT2D eigenvalue weighted by Crippen LogP contribution is -2.12. The van der Waals surface area contributed by atoms with Gasteiger partial charge in [0.15, 0.2) is 0 Å². The van der Waals surface area contributed by atoms with Gasteiger partial charge in [-0.2, -0.15) is 0 Å². The zero-order valence-electron chi connectivity index (χ0n) is 16.6. The van der Waals surface area contributed by atoms with E-state index in [1.165, 1.54) is 11.8 Å². The van der Waals surface area contributed by atoms with Crippen LogP contribution in [-0.4, -0.2) is 10.2 Å². The molecule has 0 heterocycles. The van der Waals surface area contributed by atoms with E-state index < -0.39 is 0 Å². The number of phenolic OH excluding ortho intramolecular Hbond substituents is 2. The zero-order chi connectivity index (χ0) is 19.2. The Balaban J connectivity index is 2.51. The maximum Gasteiger partial charge on any atom is 0.133 e. The molecule has 0 aliphatic carbocycles. The Hall–Kier alpha value is -1.61. The summed E-state index contributed by atoms with van der Waals surface area (Å²) in [5.74, 6) is 0.644. The van der Waals surface area contributed by atoms with Gasteiger partial charge in [-0.05, 0) is 53.5 Å². The first-order valence-electron chi connectivity index (χ1n) is 8.66. The van der Waals surface area contributed by atoms with Crippen LogP contribution in [0.2, 0.25) is 0 Å². The molecule has 2 nitrogen and oxygen atoms in total. The maximum absolute atomic E-state index is 10.8. The summed E-state index contributed by atoms with van der Waals surface area (Å²) in [6.07, 6.45) is 0. The van der Waals surface area contributed by atoms with Crippen LogP contribution < -0.4 is 0 Å². The van der Waals surface area contributed by atoms with Gasteiger partial charge in [0.05, 0.1) is 4.90 Å². The number of hydrogen-bond acceptors (Lipinski definition) is 3. The maximum atomic E-state index is 10.8. The minimum Gasteiger partial charge on any atom is -0.508 e. The van der Waals surface area contributed by atoms with Crippen molar-refractivity contribution in [2.45, 2.75) is 76.0 Å². The Morgan fingerprint density at radius 1 is 0.720 bits per heavy atom. The van der Waals surface area contributed by atoms with Crippen molar-refractivity contribution in [2.75, 3.05) is 0 Å². The van der Waals surface area contributed by atoms with E-state index in [-0.39, 0.29) is 10.8 Å². The van der Waals surface area contributed by atoms with Gasteiger partial charge in [-0.3, -0.25) is 0 Å². The van der Waals surface area contributed by atoms with Crippen molar-refractivity contribution in [1.82, 2.24) is 0 Å². The third-order valence-corrected chi connectivity index (χ3v) is 5.54. The SMILES string of the molecule is Cc1cc(Sc2cc(O)c(C(C)(C)C)cc2C)c(O)c(C(C)(C)C)c1. The molecule has 2 aromatic rings. The van der Waals surface area contributed by atoms with Gasteiger partial charge in [0.1, 0.15) is 11.5 Å². The molecule has 0 aromatic heterocycles. The molecular weight excluding hydrogens is 328 g/mol. The van der Waals surface area contributed by atoms with Crippen LogP contribution in [0, 0.1) is 13.8 Å².